The molecule has 0 spiro atoms. The molecule has 1 saturated carbocycles. The molecule has 1 aliphatic carbocycles. The van der Waals surface area contributed by atoms with Crippen LogP contribution in [0.4, 0.5) is 0 Å². The molecule has 1 heterocycles. The highest BCUT2D eigenvalue weighted by Crippen LogP contribution is 2.20. The Morgan fingerprint density at radius 3 is 2.76 bits per heavy atom. The van der Waals surface area contributed by atoms with Gasteiger partial charge in [0.2, 0.25) is 5.88 Å². The molecular weight excluding hydrogens is 212 g/mol. The highest BCUT2D eigenvalue weighted by molar-refractivity contribution is 5.25. The van der Waals surface area contributed by atoms with Crippen molar-refractivity contribution < 1.29 is 4.74 Å². The molecule has 1 fully saturated rings. The maximum absolute atomic E-state index is 5.61. The summed E-state index contributed by atoms with van der Waals surface area (Å²) in [4.78, 5) is 4.48. The number of hydrogen-bond donors (Lipinski definition) is 1. The Bertz CT molecular complexity index is 372. The highest BCUT2D eigenvalue weighted by Gasteiger charge is 2.20. The third kappa shape index (κ3) is 4.00. The van der Waals surface area contributed by atoms with Crippen LogP contribution in [-0.2, 0) is 6.54 Å². The molecule has 1 aliphatic rings. The fraction of sp³-hybridized carbons (Fsp3) is 0.643. The summed E-state index contributed by atoms with van der Waals surface area (Å²) in [6, 6.07) is 4.83. The van der Waals surface area contributed by atoms with Crippen LogP contribution in [0.1, 0.15) is 37.9 Å². The van der Waals surface area contributed by atoms with Gasteiger partial charge in [-0.3, -0.25) is 0 Å². The zero-order valence-electron chi connectivity index (χ0n) is 11.0. The van der Waals surface area contributed by atoms with Crippen molar-refractivity contribution in [2.24, 2.45) is 5.92 Å². The largest absolute Gasteiger partial charge is 0.477 e. The second-order valence-electron chi connectivity index (χ2n) is 5.25. The minimum Gasteiger partial charge on any atom is -0.477 e. The topological polar surface area (TPSA) is 34.1 Å². The van der Waals surface area contributed by atoms with Gasteiger partial charge in [-0.15, -0.1) is 0 Å². The van der Waals surface area contributed by atoms with Crippen LogP contribution >= 0.6 is 0 Å². The Morgan fingerprint density at radius 2 is 2.18 bits per heavy atom. The van der Waals surface area contributed by atoms with Crippen LogP contribution in [0.2, 0.25) is 0 Å². The van der Waals surface area contributed by atoms with E-state index in [1.165, 1.54) is 18.4 Å². The van der Waals surface area contributed by atoms with E-state index in [9.17, 15) is 0 Å². The first kappa shape index (κ1) is 12.4. The number of rotatable bonds is 6. The van der Waals surface area contributed by atoms with E-state index >= 15 is 0 Å². The van der Waals surface area contributed by atoms with Crippen LogP contribution < -0.4 is 10.1 Å². The van der Waals surface area contributed by atoms with E-state index in [0.717, 1.165) is 30.8 Å². The van der Waals surface area contributed by atoms with Crippen LogP contribution in [0.25, 0.3) is 0 Å². The number of nitrogens with zero attached hydrogens (tertiary/aromatic N) is 1. The van der Waals surface area contributed by atoms with Crippen molar-refractivity contribution in [3.05, 3.63) is 23.4 Å². The molecule has 17 heavy (non-hydrogen) atoms. The molecule has 1 aromatic rings. The third-order valence-corrected chi connectivity index (χ3v) is 2.89. The van der Waals surface area contributed by atoms with E-state index in [1.807, 2.05) is 13.0 Å². The quantitative estimate of drug-likeness (QED) is 0.821. The Labute approximate surface area is 104 Å². The van der Waals surface area contributed by atoms with Gasteiger partial charge < -0.3 is 10.1 Å². The summed E-state index contributed by atoms with van der Waals surface area (Å²) in [6.07, 6.45) is 2.64. The SMILES string of the molecule is Cc1nc(OCC(C)C)ccc1CNC1CC1. The van der Waals surface area contributed by atoms with Gasteiger partial charge in [-0.05, 0) is 31.2 Å². The van der Waals surface area contributed by atoms with Gasteiger partial charge in [-0.1, -0.05) is 19.9 Å². The maximum Gasteiger partial charge on any atom is 0.213 e. The molecule has 94 valence electrons. The van der Waals surface area contributed by atoms with E-state index in [4.69, 9.17) is 4.74 Å². The van der Waals surface area contributed by atoms with Gasteiger partial charge >= 0.3 is 0 Å². The molecule has 0 bridgehead atoms. The molecule has 0 saturated heterocycles. The van der Waals surface area contributed by atoms with E-state index in [1.54, 1.807) is 0 Å². The molecule has 1 N–H and O–H groups in total. The smallest absolute Gasteiger partial charge is 0.213 e. The van der Waals surface area contributed by atoms with Crippen LogP contribution in [0.15, 0.2) is 12.1 Å². The Balaban J connectivity index is 1.90. The predicted octanol–water partition coefficient (Wildman–Crippen LogP) is 2.68. The molecule has 0 amide bonds. The summed E-state index contributed by atoms with van der Waals surface area (Å²) >= 11 is 0. The van der Waals surface area contributed by atoms with Crippen molar-refractivity contribution in [3.63, 3.8) is 0 Å². The zero-order chi connectivity index (χ0) is 12.3. The van der Waals surface area contributed by atoms with Gasteiger partial charge in [0.05, 0.1) is 6.61 Å². The second kappa shape index (κ2) is 5.50. The van der Waals surface area contributed by atoms with Gasteiger partial charge in [0.15, 0.2) is 0 Å². The van der Waals surface area contributed by atoms with Crippen LogP contribution in [-0.4, -0.2) is 17.6 Å². The van der Waals surface area contributed by atoms with Crippen molar-refractivity contribution in [1.29, 1.82) is 0 Å². The highest BCUT2D eigenvalue weighted by atomic mass is 16.5. The Morgan fingerprint density at radius 1 is 1.41 bits per heavy atom. The van der Waals surface area contributed by atoms with Gasteiger partial charge in [-0.2, -0.15) is 0 Å². The fourth-order valence-electron chi connectivity index (χ4n) is 1.63. The first-order valence-corrected chi connectivity index (χ1v) is 6.48. The van der Waals surface area contributed by atoms with Crippen molar-refractivity contribution in [3.8, 4) is 5.88 Å². The first-order valence-electron chi connectivity index (χ1n) is 6.48. The van der Waals surface area contributed by atoms with Gasteiger partial charge in [0.25, 0.3) is 0 Å². The first-order chi connectivity index (χ1) is 8.15. The molecule has 3 heteroatoms. The van der Waals surface area contributed by atoms with E-state index < -0.39 is 0 Å². The minimum absolute atomic E-state index is 0.535. The average Bonchev–Trinajstić information content (AvgIpc) is 3.09. The molecule has 3 nitrogen and oxygen atoms in total. The predicted molar refractivity (Wildman–Crippen MR) is 69.2 cm³/mol. The average molecular weight is 234 g/mol. The molecule has 0 atom stereocenters. The number of ether oxygens (including phenoxy) is 1. The molecular formula is C14H22N2O. The number of aryl methyl sites for hydroxylation is 1. The summed E-state index contributed by atoms with van der Waals surface area (Å²) in [5, 5.41) is 3.50. The Kier molecular flexibility index (Phi) is 4.00. The minimum atomic E-state index is 0.535. The zero-order valence-corrected chi connectivity index (χ0v) is 11.0. The summed E-state index contributed by atoms with van der Waals surface area (Å²) in [5.41, 5.74) is 2.34. The van der Waals surface area contributed by atoms with Crippen LogP contribution in [0.5, 0.6) is 5.88 Å². The van der Waals surface area contributed by atoms with Gasteiger partial charge in [-0.25, -0.2) is 4.98 Å². The Hall–Kier alpha value is -1.09. The third-order valence-electron chi connectivity index (χ3n) is 2.89. The number of aromatic nitrogens is 1. The summed E-state index contributed by atoms with van der Waals surface area (Å²) in [5.74, 6) is 1.28. The van der Waals surface area contributed by atoms with Crippen molar-refractivity contribution in [2.75, 3.05) is 6.61 Å². The van der Waals surface area contributed by atoms with E-state index in [0.29, 0.717) is 5.92 Å². The fourth-order valence-corrected chi connectivity index (χ4v) is 1.63. The van der Waals surface area contributed by atoms with Crippen molar-refractivity contribution in [1.82, 2.24) is 10.3 Å². The molecule has 1 aromatic heterocycles. The normalized spacial score (nSPS) is 15.3. The van der Waals surface area contributed by atoms with E-state index in [-0.39, 0.29) is 0 Å². The number of hydrogen-bond acceptors (Lipinski definition) is 3. The number of nitrogens with one attached hydrogen (secondary N) is 1. The molecule has 0 aromatic carbocycles. The number of pyridine rings is 1. The van der Waals surface area contributed by atoms with Gasteiger partial charge in [0, 0.05) is 24.3 Å². The molecule has 0 aliphatic heterocycles. The summed E-state index contributed by atoms with van der Waals surface area (Å²) in [6.45, 7) is 7.98. The second-order valence-corrected chi connectivity index (χ2v) is 5.25. The van der Waals surface area contributed by atoms with Crippen LogP contribution in [0, 0.1) is 12.8 Å². The monoisotopic (exact) mass is 234 g/mol. The van der Waals surface area contributed by atoms with Crippen molar-refractivity contribution in [2.45, 2.75) is 46.2 Å². The molecule has 0 unspecified atom stereocenters. The standard InChI is InChI=1S/C14H22N2O/c1-10(2)9-17-14-7-4-12(11(3)16-14)8-15-13-5-6-13/h4,7,10,13,15H,5-6,8-9H2,1-3H3. The lowest BCUT2D eigenvalue weighted by Gasteiger charge is -2.11. The summed E-state index contributed by atoms with van der Waals surface area (Å²) in [7, 11) is 0. The lowest BCUT2D eigenvalue weighted by atomic mass is 10.2. The maximum atomic E-state index is 5.61. The summed E-state index contributed by atoms with van der Waals surface area (Å²) < 4.78 is 5.61. The van der Waals surface area contributed by atoms with Crippen LogP contribution in [0.3, 0.4) is 0 Å². The van der Waals surface area contributed by atoms with Crippen molar-refractivity contribution >= 4 is 0 Å². The molecule has 2 rings (SSSR count). The van der Waals surface area contributed by atoms with E-state index in [2.05, 4.69) is 30.2 Å². The van der Waals surface area contributed by atoms with Gasteiger partial charge in [0.1, 0.15) is 0 Å². The molecule has 0 radical (unpaired) electrons. The lowest BCUT2D eigenvalue weighted by molar-refractivity contribution is 0.261. The lowest BCUT2D eigenvalue weighted by Crippen LogP contribution is -2.16.